The van der Waals surface area contributed by atoms with E-state index in [-0.39, 0.29) is 17.9 Å². The number of ether oxygens (including phenoxy) is 1. The monoisotopic (exact) mass is 267 g/mol. The van der Waals surface area contributed by atoms with Crippen LogP contribution in [-0.4, -0.2) is 31.3 Å². The molecule has 0 saturated heterocycles. The van der Waals surface area contributed by atoms with Crippen molar-refractivity contribution in [2.45, 2.75) is 51.2 Å². The first-order valence-electron chi connectivity index (χ1n) is 6.36. The fraction of sp³-hybridized carbons (Fsp3) is 0.917. The van der Waals surface area contributed by atoms with Crippen LogP contribution in [0.4, 0.5) is 13.2 Å². The van der Waals surface area contributed by atoms with Crippen molar-refractivity contribution in [3.05, 3.63) is 0 Å². The lowest BCUT2D eigenvalue weighted by Crippen LogP contribution is -2.39. The van der Waals surface area contributed by atoms with Gasteiger partial charge in [0.2, 0.25) is 0 Å². The molecule has 1 aliphatic carbocycles. The molecule has 1 fully saturated rings. The number of halogens is 3. The summed E-state index contributed by atoms with van der Waals surface area (Å²) in [7, 11) is 0. The molecule has 1 N–H and O–H groups in total. The predicted octanol–water partition coefficient (Wildman–Crippen LogP) is 2.65. The number of hydrogen-bond acceptors (Lipinski definition) is 3. The summed E-state index contributed by atoms with van der Waals surface area (Å²) >= 11 is 0. The molecule has 1 rings (SSSR count). The van der Waals surface area contributed by atoms with Crippen molar-refractivity contribution in [1.29, 1.82) is 0 Å². The molecule has 3 nitrogen and oxygen atoms in total. The van der Waals surface area contributed by atoms with Crippen LogP contribution in [-0.2, 0) is 9.53 Å². The van der Waals surface area contributed by atoms with Crippen LogP contribution in [0.15, 0.2) is 0 Å². The average Bonchev–Trinajstić information content (AvgIpc) is 2.27. The Kier molecular flexibility index (Phi) is 5.91. The van der Waals surface area contributed by atoms with Crippen molar-refractivity contribution < 1.29 is 22.7 Å². The molecule has 0 atom stereocenters. The van der Waals surface area contributed by atoms with E-state index in [9.17, 15) is 18.0 Å². The van der Waals surface area contributed by atoms with E-state index in [4.69, 9.17) is 4.74 Å². The smallest absolute Gasteiger partial charge is 0.401 e. The van der Waals surface area contributed by atoms with Gasteiger partial charge in [0.15, 0.2) is 0 Å². The molecule has 0 amide bonds. The molecule has 106 valence electrons. The zero-order chi connectivity index (χ0) is 13.6. The van der Waals surface area contributed by atoms with Crippen molar-refractivity contribution in [3.63, 3.8) is 0 Å². The molecule has 0 aromatic heterocycles. The molecule has 0 aromatic carbocycles. The largest absolute Gasteiger partial charge is 0.466 e. The van der Waals surface area contributed by atoms with Crippen LogP contribution in [0.3, 0.4) is 0 Å². The van der Waals surface area contributed by atoms with Gasteiger partial charge in [-0.1, -0.05) is 0 Å². The second-order valence-electron chi connectivity index (χ2n) is 4.72. The molecule has 6 heteroatoms. The highest BCUT2D eigenvalue weighted by molar-refractivity contribution is 5.69. The normalized spacial score (nSPS) is 24.9. The van der Waals surface area contributed by atoms with Gasteiger partial charge in [-0.3, -0.25) is 4.79 Å². The highest BCUT2D eigenvalue weighted by Gasteiger charge is 2.30. The van der Waals surface area contributed by atoms with Gasteiger partial charge in [0.05, 0.1) is 13.2 Å². The number of rotatable bonds is 5. The van der Waals surface area contributed by atoms with Crippen molar-refractivity contribution in [3.8, 4) is 0 Å². The first-order chi connectivity index (χ1) is 8.40. The number of alkyl halides is 3. The van der Waals surface area contributed by atoms with Crippen molar-refractivity contribution >= 4 is 5.97 Å². The van der Waals surface area contributed by atoms with Gasteiger partial charge in [0.1, 0.15) is 0 Å². The highest BCUT2D eigenvalue weighted by Crippen LogP contribution is 2.27. The minimum atomic E-state index is -4.15. The van der Waals surface area contributed by atoms with Gasteiger partial charge in [-0.05, 0) is 38.5 Å². The molecule has 0 radical (unpaired) electrons. The fourth-order valence-electron chi connectivity index (χ4n) is 2.29. The lowest BCUT2D eigenvalue weighted by atomic mass is 9.84. The lowest BCUT2D eigenvalue weighted by Gasteiger charge is -2.29. The predicted molar refractivity (Wildman–Crippen MR) is 61.1 cm³/mol. The van der Waals surface area contributed by atoms with E-state index in [1.807, 2.05) is 0 Å². The molecule has 0 aliphatic heterocycles. The van der Waals surface area contributed by atoms with E-state index in [1.54, 1.807) is 6.92 Å². The van der Waals surface area contributed by atoms with Crippen LogP contribution in [0.25, 0.3) is 0 Å². The van der Waals surface area contributed by atoms with Gasteiger partial charge >= 0.3 is 12.1 Å². The summed E-state index contributed by atoms with van der Waals surface area (Å²) < 4.78 is 40.9. The second-order valence-corrected chi connectivity index (χ2v) is 4.72. The summed E-state index contributed by atoms with van der Waals surface area (Å²) in [4.78, 5) is 11.3. The highest BCUT2D eigenvalue weighted by atomic mass is 19.4. The molecule has 0 unspecified atom stereocenters. The first-order valence-corrected chi connectivity index (χ1v) is 6.36. The molecule has 0 heterocycles. The standard InChI is InChI=1S/C12H20F3NO2/c1-2-18-11(17)7-9-3-5-10(6-4-9)16-8-12(13,14)15/h9-10,16H,2-8H2,1H3. The maximum Gasteiger partial charge on any atom is 0.401 e. The molecule has 0 aromatic rings. The molecule has 18 heavy (non-hydrogen) atoms. The summed E-state index contributed by atoms with van der Waals surface area (Å²) in [5.74, 6) is 0.0530. The number of hydrogen-bond donors (Lipinski definition) is 1. The quantitative estimate of drug-likeness (QED) is 0.778. The van der Waals surface area contributed by atoms with Crippen LogP contribution in [0.5, 0.6) is 0 Å². The number of carbonyl (C=O) groups is 1. The molecule has 1 saturated carbocycles. The van der Waals surface area contributed by atoms with Crippen LogP contribution in [0, 0.1) is 5.92 Å². The molecular formula is C12H20F3NO2. The van der Waals surface area contributed by atoms with Crippen LogP contribution in [0.2, 0.25) is 0 Å². The van der Waals surface area contributed by atoms with Crippen molar-refractivity contribution in [2.24, 2.45) is 5.92 Å². The number of carbonyl (C=O) groups excluding carboxylic acids is 1. The topological polar surface area (TPSA) is 38.3 Å². The van der Waals surface area contributed by atoms with Gasteiger partial charge in [-0.25, -0.2) is 0 Å². The summed E-state index contributed by atoms with van der Waals surface area (Å²) in [5, 5.41) is 2.52. The fourth-order valence-corrected chi connectivity index (χ4v) is 2.29. The zero-order valence-corrected chi connectivity index (χ0v) is 10.6. The maximum absolute atomic E-state index is 12.0. The van der Waals surface area contributed by atoms with E-state index < -0.39 is 12.7 Å². The lowest BCUT2D eigenvalue weighted by molar-refractivity contribution is -0.144. The molecule has 0 spiro atoms. The Morgan fingerprint density at radius 3 is 2.39 bits per heavy atom. The summed E-state index contributed by atoms with van der Waals surface area (Å²) in [5.41, 5.74) is 0. The van der Waals surface area contributed by atoms with Crippen LogP contribution in [0.1, 0.15) is 39.0 Å². The number of nitrogens with one attached hydrogen (secondary N) is 1. The SMILES string of the molecule is CCOC(=O)CC1CCC(NCC(F)(F)F)CC1. The van der Waals surface area contributed by atoms with E-state index >= 15 is 0 Å². The van der Waals surface area contributed by atoms with Crippen LogP contribution >= 0.6 is 0 Å². The summed E-state index contributed by atoms with van der Waals surface area (Å²) in [6.07, 6.45) is -0.801. The Morgan fingerprint density at radius 2 is 1.89 bits per heavy atom. The minimum Gasteiger partial charge on any atom is -0.466 e. The third-order valence-corrected chi connectivity index (χ3v) is 3.20. The summed E-state index contributed by atoms with van der Waals surface area (Å²) in [6.45, 7) is 1.21. The van der Waals surface area contributed by atoms with Gasteiger partial charge in [-0.2, -0.15) is 13.2 Å². The minimum absolute atomic E-state index is 0.0786. The van der Waals surface area contributed by atoms with Crippen molar-refractivity contribution in [1.82, 2.24) is 5.32 Å². The first kappa shape index (κ1) is 15.3. The third kappa shape index (κ3) is 6.23. The van der Waals surface area contributed by atoms with E-state index in [2.05, 4.69) is 5.32 Å². The molecule has 1 aliphatic rings. The van der Waals surface area contributed by atoms with Crippen molar-refractivity contribution in [2.75, 3.05) is 13.2 Å². The Bertz CT molecular complexity index is 261. The van der Waals surface area contributed by atoms with Gasteiger partial charge < -0.3 is 10.1 Å². The Hall–Kier alpha value is -0.780. The zero-order valence-electron chi connectivity index (χ0n) is 10.6. The third-order valence-electron chi connectivity index (χ3n) is 3.20. The van der Waals surface area contributed by atoms with E-state index in [1.165, 1.54) is 0 Å². The number of esters is 1. The van der Waals surface area contributed by atoms with Gasteiger partial charge in [0.25, 0.3) is 0 Å². The molecule has 0 bridgehead atoms. The van der Waals surface area contributed by atoms with Crippen LogP contribution < -0.4 is 5.32 Å². The molecular weight excluding hydrogens is 247 g/mol. The Balaban J connectivity index is 2.18. The van der Waals surface area contributed by atoms with Gasteiger partial charge in [-0.15, -0.1) is 0 Å². The second kappa shape index (κ2) is 6.97. The Labute approximate surface area is 105 Å². The average molecular weight is 267 g/mol. The van der Waals surface area contributed by atoms with Gasteiger partial charge in [0, 0.05) is 12.5 Å². The maximum atomic E-state index is 12.0. The van der Waals surface area contributed by atoms with E-state index in [0.29, 0.717) is 25.9 Å². The Morgan fingerprint density at radius 1 is 1.28 bits per heavy atom. The van der Waals surface area contributed by atoms with E-state index in [0.717, 1.165) is 12.8 Å². The summed E-state index contributed by atoms with van der Waals surface area (Å²) in [6, 6.07) is -0.0786.